The molecule has 0 bridgehead atoms. The first-order chi connectivity index (χ1) is 12.9. The van der Waals surface area contributed by atoms with E-state index in [0.29, 0.717) is 18.0 Å². The number of benzene rings is 2. The van der Waals surface area contributed by atoms with Crippen LogP contribution in [0.5, 0.6) is 17.2 Å². The first-order valence-electron chi connectivity index (χ1n) is 8.96. The number of methoxy groups -OCH3 is 1. The van der Waals surface area contributed by atoms with Gasteiger partial charge in [-0.25, -0.2) is 0 Å². The minimum atomic E-state index is -0.522. The molecule has 2 aromatic carbocycles. The Labute approximate surface area is 159 Å². The largest absolute Gasteiger partial charge is 0.493 e. The Hall–Kier alpha value is -2.73. The van der Waals surface area contributed by atoms with Crippen molar-refractivity contribution in [2.75, 3.05) is 13.7 Å². The van der Waals surface area contributed by atoms with Gasteiger partial charge in [0, 0.05) is 19.5 Å². The van der Waals surface area contributed by atoms with Crippen LogP contribution in [0.1, 0.15) is 30.5 Å². The third kappa shape index (κ3) is 4.92. The smallest absolute Gasteiger partial charge is 0.255 e. The van der Waals surface area contributed by atoms with Crippen LogP contribution in [-0.4, -0.2) is 25.2 Å². The summed E-state index contributed by atoms with van der Waals surface area (Å²) in [6.45, 7) is 5.48. The van der Waals surface area contributed by atoms with Gasteiger partial charge in [-0.3, -0.25) is 4.79 Å². The number of carbonyl (C=O) groups is 1. The first-order valence-corrected chi connectivity index (χ1v) is 8.96. The highest BCUT2D eigenvalue weighted by Crippen LogP contribution is 2.35. The molecule has 1 aliphatic heterocycles. The molecule has 1 amide bonds. The van der Waals surface area contributed by atoms with Gasteiger partial charge in [0.2, 0.25) is 0 Å². The molecule has 2 aromatic rings. The van der Waals surface area contributed by atoms with E-state index in [9.17, 15) is 4.79 Å². The van der Waals surface area contributed by atoms with Gasteiger partial charge in [0.05, 0.1) is 7.11 Å². The predicted octanol–water partition coefficient (Wildman–Crippen LogP) is 2.56. The Morgan fingerprint density at radius 1 is 1.15 bits per heavy atom. The number of amides is 1. The molecule has 1 heterocycles. The van der Waals surface area contributed by atoms with Crippen molar-refractivity contribution in [1.29, 1.82) is 0 Å². The molecule has 1 aliphatic rings. The molecule has 3 rings (SSSR count). The fourth-order valence-electron chi connectivity index (χ4n) is 3.21. The van der Waals surface area contributed by atoms with Crippen molar-refractivity contribution >= 4 is 5.91 Å². The molecule has 0 radical (unpaired) electrons. The first kappa shape index (κ1) is 19.0. The second-order valence-corrected chi connectivity index (χ2v) is 7.32. The van der Waals surface area contributed by atoms with Crippen LogP contribution < -0.4 is 25.3 Å². The number of fused-ring (bicyclic) bond motifs is 1. The van der Waals surface area contributed by atoms with Crippen molar-refractivity contribution in [2.24, 2.45) is 5.73 Å². The Kier molecular flexibility index (Phi) is 5.56. The molecule has 0 unspecified atom stereocenters. The summed E-state index contributed by atoms with van der Waals surface area (Å²) in [4.78, 5) is 10.9. The van der Waals surface area contributed by atoms with Crippen LogP contribution in [0.4, 0.5) is 0 Å². The number of primary amides is 1. The average Bonchev–Trinajstić information content (AvgIpc) is 2.93. The summed E-state index contributed by atoms with van der Waals surface area (Å²) in [5, 5.41) is 3.44. The maximum absolute atomic E-state index is 10.9. The molecular weight excluding hydrogens is 344 g/mol. The molecule has 0 fully saturated rings. The zero-order valence-corrected chi connectivity index (χ0v) is 16.0. The van der Waals surface area contributed by atoms with Gasteiger partial charge in [0.25, 0.3) is 5.91 Å². The van der Waals surface area contributed by atoms with Crippen LogP contribution in [0.25, 0.3) is 0 Å². The number of rotatable bonds is 8. The second kappa shape index (κ2) is 7.88. The van der Waals surface area contributed by atoms with Crippen molar-refractivity contribution in [3.05, 3.63) is 53.1 Å². The van der Waals surface area contributed by atoms with Crippen LogP contribution in [0.15, 0.2) is 36.4 Å². The normalized spacial score (nSPS) is 14.3. The molecule has 0 saturated carbocycles. The van der Waals surface area contributed by atoms with Crippen LogP contribution in [0.2, 0.25) is 0 Å². The van der Waals surface area contributed by atoms with Crippen molar-refractivity contribution in [2.45, 2.75) is 39.0 Å². The van der Waals surface area contributed by atoms with Crippen LogP contribution >= 0.6 is 0 Å². The summed E-state index contributed by atoms with van der Waals surface area (Å²) in [6, 6.07) is 12.0. The molecule has 6 nitrogen and oxygen atoms in total. The van der Waals surface area contributed by atoms with Crippen LogP contribution in [0, 0.1) is 0 Å². The fourth-order valence-corrected chi connectivity index (χ4v) is 3.21. The van der Waals surface area contributed by atoms with Gasteiger partial charge < -0.3 is 25.3 Å². The van der Waals surface area contributed by atoms with Gasteiger partial charge in [-0.15, -0.1) is 0 Å². The number of carbonyl (C=O) groups excluding carboxylic acids is 1. The van der Waals surface area contributed by atoms with Gasteiger partial charge in [-0.05, 0) is 48.7 Å². The van der Waals surface area contributed by atoms with Gasteiger partial charge in [0.1, 0.15) is 11.4 Å². The number of ether oxygens (including phenoxy) is 3. The Morgan fingerprint density at radius 3 is 2.56 bits per heavy atom. The average molecular weight is 370 g/mol. The minimum absolute atomic E-state index is 0.122. The Morgan fingerprint density at radius 2 is 1.85 bits per heavy atom. The highest BCUT2D eigenvalue weighted by Gasteiger charge is 2.29. The lowest BCUT2D eigenvalue weighted by Crippen LogP contribution is -2.24. The standard InChI is InChI=1S/C21H26N2O4/c1-21(2)10-16-8-14(4-6-17(16)27-21)11-23-12-15-5-7-18(19(9-15)25-3)26-13-20(22)24/h4-9,23H,10-13H2,1-3H3,(H2,22,24). The number of hydrogen-bond donors (Lipinski definition) is 2. The van der Waals surface area contributed by atoms with Gasteiger partial charge in [0.15, 0.2) is 18.1 Å². The molecule has 6 heteroatoms. The monoisotopic (exact) mass is 370 g/mol. The molecule has 0 spiro atoms. The van der Waals surface area contributed by atoms with Crippen LogP contribution in [-0.2, 0) is 24.3 Å². The van der Waals surface area contributed by atoms with Gasteiger partial charge >= 0.3 is 0 Å². The molecular formula is C21H26N2O4. The molecule has 144 valence electrons. The summed E-state index contributed by atoms with van der Waals surface area (Å²) < 4.78 is 16.6. The lowest BCUT2D eigenvalue weighted by atomic mass is 10.0. The maximum atomic E-state index is 10.9. The van der Waals surface area contributed by atoms with Crippen molar-refractivity contribution < 1.29 is 19.0 Å². The summed E-state index contributed by atoms with van der Waals surface area (Å²) >= 11 is 0. The predicted molar refractivity (Wildman–Crippen MR) is 103 cm³/mol. The molecule has 27 heavy (non-hydrogen) atoms. The lowest BCUT2D eigenvalue weighted by molar-refractivity contribution is -0.119. The van der Waals surface area contributed by atoms with Crippen molar-refractivity contribution in [1.82, 2.24) is 5.32 Å². The topological polar surface area (TPSA) is 82.8 Å². The van der Waals surface area contributed by atoms with E-state index in [-0.39, 0.29) is 12.2 Å². The molecule has 3 N–H and O–H groups in total. The Bertz CT molecular complexity index is 833. The third-order valence-corrected chi connectivity index (χ3v) is 4.38. The summed E-state index contributed by atoms with van der Waals surface area (Å²) in [5.41, 5.74) is 8.53. The van der Waals surface area contributed by atoms with Gasteiger partial charge in [-0.2, -0.15) is 0 Å². The van der Waals surface area contributed by atoms with E-state index in [2.05, 4.69) is 37.4 Å². The summed E-state index contributed by atoms with van der Waals surface area (Å²) in [7, 11) is 1.57. The third-order valence-electron chi connectivity index (χ3n) is 4.38. The van der Waals surface area contributed by atoms with Crippen molar-refractivity contribution in [3.63, 3.8) is 0 Å². The minimum Gasteiger partial charge on any atom is -0.493 e. The molecule has 0 atom stereocenters. The number of nitrogens with two attached hydrogens (primary N) is 1. The molecule has 0 aromatic heterocycles. The maximum Gasteiger partial charge on any atom is 0.255 e. The second-order valence-electron chi connectivity index (χ2n) is 7.32. The zero-order chi connectivity index (χ0) is 19.4. The van der Waals surface area contributed by atoms with Gasteiger partial charge in [-0.1, -0.05) is 18.2 Å². The van der Waals surface area contributed by atoms with E-state index >= 15 is 0 Å². The van der Waals surface area contributed by atoms with Crippen molar-refractivity contribution in [3.8, 4) is 17.2 Å². The lowest BCUT2D eigenvalue weighted by Gasteiger charge is -2.16. The molecule has 0 saturated heterocycles. The SMILES string of the molecule is COc1cc(CNCc2ccc3c(c2)CC(C)(C)O3)ccc1OCC(N)=O. The highest BCUT2D eigenvalue weighted by molar-refractivity contribution is 5.75. The van der Waals surface area contributed by atoms with E-state index in [1.165, 1.54) is 11.1 Å². The van der Waals surface area contributed by atoms with E-state index in [1.807, 2.05) is 12.1 Å². The summed E-state index contributed by atoms with van der Waals surface area (Å²) in [6.07, 6.45) is 0.931. The number of nitrogens with one attached hydrogen (secondary N) is 1. The van der Waals surface area contributed by atoms with E-state index in [4.69, 9.17) is 19.9 Å². The highest BCUT2D eigenvalue weighted by atomic mass is 16.5. The quantitative estimate of drug-likeness (QED) is 0.746. The fraction of sp³-hybridized carbons (Fsp3) is 0.381. The van der Waals surface area contributed by atoms with E-state index < -0.39 is 5.91 Å². The molecule has 0 aliphatic carbocycles. The number of hydrogen-bond acceptors (Lipinski definition) is 5. The van der Waals surface area contributed by atoms with E-state index in [1.54, 1.807) is 13.2 Å². The Balaban J connectivity index is 1.57. The summed E-state index contributed by atoms with van der Waals surface area (Å²) in [5.74, 6) is 1.54. The zero-order valence-electron chi connectivity index (χ0n) is 16.0. The van der Waals surface area contributed by atoms with E-state index in [0.717, 1.165) is 24.3 Å². The van der Waals surface area contributed by atoms with Crippen LogP contribution in [0.3, 0.4) is 0 Å².